The maximum atomic E-state index is 6.59. The fraction of sp³-hybridized carbons (Fsp3) is 0.100. The first kappa shape index (κ1) is 33.2. The molecule has 54 heavy (non-hydrogen) atoms. The predicted octanol–water partition coefficient (Wildman–Crippen LogP) is 13.6. The number of nitrogens with zero attached hydrogens (tertiary/aromatic N) is 3. The minimum Gasteiger partial charge on any atom is -0.457 e. The molecule has 4 nitrogen and oxygen atoms in total. The Kier molecular flexibility index (Phi) is 8.44. The first-order valence-corrected chi connectivity index (χ1v) is 18.6. The number of anilines is 4. The average Bonchev–Trinajstić information content (AvgIpc) is 3.61. The Bertz CT molecular complexity index is 2550. The fourth-order valence-electron chi connectivity index (χ4n) is 7.60. The van der Waals surface area contributed by atoms with Gasteiger partial charge in [-0.3, -0.25) is 4.98 Å². The van der Waals surface area contributed by atoms with Gasteiger partial charge in [0, 0.05) is 40.0 Å². The van der Waals surface area contributed by atoms with Gasteiger partial charge in [0.05, 0.1) is 22.8 Å². The van der Waals surface area contributed by atoms with E-state index in [1.807, 2.05) is 24.4 Å². The molecule has 0 bridgehead atoms. The highest BCUT2D eigenvalue weighted by Crippen LogP contribution is 2.52. The topological polar surface area (TPSA) is 28.6 Å². The van der Waals surface area contributed by atoms with Gasteiger partial charge in [-0.2, -0.15) is 0 Å². The Balaban J connectivity index is 1.13. The lowest BCUT2D eigenvalue weighted by atomic mass is 9.87. The first-order valence-electron chi connectivity index (χ1n) is 18.6. The molecule has 0 unspecified atom stereocenters. The molecule has 2 heterocycles. The summed E-state index contributed by atoms with van der Waals surface area (Å²) in [4.78, 5) is 9.61. The number of aromatic nitrogens is 1. The van der Waals surface area contributed by atoms with Crippen molar-refractivity contribution in [1.29, 1.82) is 0 Å². The van der Waals surface area contributed by atoms with E-state index in [4.69, 9.17) is 9.72 Å². The lowest BCUT2D eigenvalue weighted by molar-refractivity contribution is 0.483. The molecule has 0 amide bonds. The summed E-state index contributed by atoms with van der Waals surface area (Å²) in [6.07, 6.45) is 1.90. The second-order valence-corrected chi connectivity index (χ2v) is 14.9. The van der Waals surface area contributed by atoms with Crippen molar-refractivity contribution in [2.45, 2.75) is 26.2 Å². The van der Waals surface area contributed by atoms with Gasteiger partial charge in [0.2, 0.25) is 0 Å². The van der Waals surface area contributed by atoms with Crippen LogP contribution in [0, 0.1) is 0 Å². The van der Waals surface area contributed by atoms with E-state index in [-0.39, 0.29) is 5.41 Å². The van der Waals surface area contributed by atoms with Crippen LogP contribution in [0.2, 0.25) is 0 Å². The van der Waals surface area contributed by atoms with Gasteiger partial charge in [-0.15, -0.1) is 0 Å². The van der Waals surface area contributed by atoms with Crippen molar-refractivity contribution >= 4 is 33.5 Å². The highest BCUT2D eigenvalue weighted by Gasteiger charge is 2.33. The summed E-state index contributed by atoms with van der Waals surface area (Å²) in [5, 5.41) is 2.42. The normalized spacial score (nSPS) is 12.6. The summed E-state index contributed by atoms with van der Waals surface area (Å²) in [6.45, 7) is 7.30. The van der Waals surface area contributed by atoms with Crippen LogP contribution in [0.25, 0.3) is 44.3 Å². The van der Waals surface area contributed by atoms with E-state index in [2.05, 4.69) is 188 Å². The van der Waals surface area contributed by atoms with Crippen molar-refractivity contribution in [3.05, 3.63) is 188 Å². The third kappa shape index (κ3) is 6.26. The number of ether oxygens (including phenoxy) is 1. The van der Waals surface area contributed by atoms with Crippen molar-refractivity contribution in [2.24, 2.45) is 0 Å². The highest BCUT2D eigenvalue weighted by molar-refractivity contribution is 6.09. The van der Waals surface area contributed by atoms with Crippen molar-refractivity contribution in [1.82, 2.24) is 4.98 Å². The molecule has 262 valence electrons. The molecule has 0 spiro atoms. The van der Waals surface area contributed by atoms with Gasteiger partial charge in [0.25, 0.3) is 0 Å². The SMILES string of the molecule is CC(C)(C)c1ccnc(-c2cccc(Oc3cccc(N4CN(c5c(-c6ccccc6)cccc5-c5ccccc5)c5c4ccc4ccccc54)c3)c2)c1. The second-order valence-electron chi connectivity index (χ2n) is 14.9. The largest absolute Gasteiger partial charge is 0.457 e. The molecule has 0 radical (unpaired) electrons. The molecule has 4 heteroatoms. The Morgan fingerprint density at radius 2 is 1.15 bits per heavy atom. The standard InChI is InChI=1S/C50H41N3O/c1-50(2,3)39-29-30-51-46(32-39)38-20-12-22-41(31-38)54-42-23-13-21-40(33-42)52-34-53(49-45-24-11-10-19-37(45)27-28-47(49)52)48-43(35-15-6-4-7-16-35)25-14-26-44(48)36-17-8-5-9-18-36/h4-33H,34H2,1-3H3. The summed E-state index contributed by atoms with van der Waals surface area (Å²) in [6, 6.07) is 62.3. The Morgan fingerprint density at radius 1 is 0.519 bits per heavy atom. The minimum atomic E-state index is 0.0367. The van der Waals surface area contributed by atoms with E-state index >= 15 is 0 Å². The second kappa shape index (κ2) is 13.7. The molecule has 0 saturated carbocycles. The number of pyridine rings is 1. The summed E-state index contributed by atoms with van der Waals surface area (Å²) in [7, 11) is 0. The van der Waals surface area contributed by atoms with Crippen molar-refractivity contribution in [3.8, 4) is 45.0 Å². The maximum Gasteiger partial charge on any atom is 0.129 e. The van der Waals surface area contributed by atoms with Crippen LogP contribution in [0.1, 0.15) is 26.3 Å². The number of para-hydroxylation sites is 1. The van der Waals surface area contributed by atoms with E-state index in [1.165, 1.54) is 50.0 Å². The predicted molar refractivity (Wildman–Crippen MR) is 225 cm³/mol. The lowest BCUT2D eigenvalue weighted by Gasteiger charge is -2.27. The first-order chi connectivity index (χ1) is 26.4. The van der Waals surface area contributed by atoms with Gasteiger partial charge in [0.15, 0.2) is 0 Å². The zero-order valence-corrected chi connectivity index (χ0v) is 30.8. The Morgan fingerprint density at radius 3 is 1.87 bits per heavy atom. The van der Waals surface area contributed by atoms with Gasteiger partial charge in [-0.1, -0.05) is 148 Å². The summed E-state index contributed by atoms with van der Waals surface area (Å²) >= 11 is 0. The Labute approximate surface area is 317 Å². The van der Waals surface area contributed by atoms with Gasteiger partial charge in [0.1, 0.15) is 18.2 Å². The molecule has 7 aromatic carbocycles. The van der Waals surface area contributed by atoms with Crippen LogP contribution in [0.15, 0.2) is 182 Å². The number of fused-ring (bicyclic) bond motifs is 3. The van der Waals surface area contributed by atoms with Crippen molar-refractivity contribution in [3.63, 3.8) is 0 Å². The van der Waals surface area contributed by atoms with Gasteiger partial charge in [-0.05, 0) is 70.0 Å². The maximum absolute atomic E-state index is 6.59. The van der Waals surface area contributed by atoms with Crippen LogP contribution in [-0.4, -0.2) is 11.7 Å². The van der Waals surface area contributed by atoms with E-state index < -0.39 is 0 Å². The molecule has 1 aliphatic heterocycles. The van der Waals surface area contributed by atoms with E-state index in [1.54, 1.807) is 0 Å². The molecular formula is C50H41N3O. The van der Waals surface area contributed by atoms with Gasteiger partial charge < -0.3 is 14.5 Å². The quantitative estimate of drug-likeness (QED) is 0.166. The number of hydrogen-bond donors (Lipinski definition) is 0. The zero-order valence-electron chi connectivity index (χ0n) is 30.8. The summed E-state index contributed by atoms with van der Waals surface area (Å²) < 4.78 is 6.59. The van der Waals surface area contributed by atoms with Crippen LogP contribution >= 0.6 is 0 Å². The Hall–Kier alpha value is -6.65. The summed E-state index contributed by atoms with van der Waals surface area (Å²) in [5.74, 6) is 1.54. The van der Waals surface area contributed by atoms with Crippen LogP contribution in [0.3, 0.4) is 0 Å². The zero-order chi connectivity index (χ0) is 36.6. The number of hydrogen-bond acceptors (Lipinski definition) is 4. The lowest BCUT2D eigenvalue weighted by Crippen LogP contribution is -2.25. The van der Waals surface area contributed by atoms with Crippen LogP contribution in [0.5, 0.6) is 11.5 Å². The molecule has 1 aliphatic rings. The highest BCUT2D eigenvalue weighted by atomic mass is 16.5. The summed E-state index contributed by atoms with van der Waals surface area (Å²) in [5.41, 5.74) is 12.6. The third-order valence-electron chi connectivity index (χ3n) is 10.3. The molecule has 1 aromatic heterocycles. The van der Waals surface area contributed by atoms with Crippen molar-refractivity contribution < 1.29 is 4.74 Å². The molecule has 0 aliphatic carbocycles. The van der Waals surface area contributed by atoms with Crippen LogP contribution < -0.4 is 14.5 Å². The molecule has 0 fully saturated rings. The smallest absolute Gasteiger partial charge is 0.129 e. The van der Waals surface area contributed by atoms with Crippen LogP contribution in [-0.2, 0) is 5.41 Å². The molecule has 0 atom stereocenters. The van der Waals surface area contributed by atoms with Gasteiger partial charge in [-0.25, -0.2) is 0 Å². The third-order valence-corrected chi connectivity index (χ3v) is 10.3. The van der Waals surface area contributed by atoms with Crippen molar-refractivity contribution in [2.75, 3.05) is 16.5 Å². The number of rotatable bonds is 7. The molecule has 8 aromatic rings. The van der Waals surface area contributed by atoms with Gasteiger partial charge >= 0.3 is 0 Å². The molecule has 0 saturated heterocycles. The van der Waals surface area contributed by atoms with E-state index in [9.17, 15) is 0 Å². The average molecular weight is 700 g/mol. The molecule has 0 N–H and O–H groups in total. The fourth-order valence-corrected chi connectivity index (χ4v) is 7.60. The monoisotopic (exact) mass is 699 g/mol. The van der Waals surface area contributed by atoms with E-state index in [0.717, 1.165) is 34.1 Å². The van der Waals surface area contributed by atoms with E-state index in [0.29, 0.717) is 6.67 Å². The minimum absolute atomic E-state index is 0.0367. The molecule has 9 rings (SSSR count). The molecular weight excluding hydrogens is 659 g/mol. The van der Waals surface area contributed by atoms with Crippen LogP contribution in [0.4, 0.5) is 22.7 Å². The number of benzene rings is 7.